The second-order valence-electron chi connectivity index (χ2n) is 3.47. The highest BCUT2D eigenvalue weighted by molar-refractivity contribution is 6.61. The van der Waals surface area contributed by atoms with Crippen molar-refractivity contribution in [2.75, 3.05) is 7.05 Å². The Hall–Kier alpha value is -1.53. The molecule has 0 bridgehead atoms. The first-order chi connectivity index (χ1) is 7.72. The van der Waals surface area contributed by atoms with E-state index in [1.54, 1.807) is 12.1 Å². The average Bonchev–Trinajstić information content (AvgIpc) is 2.69. The van der Waals surface area contributed by atoms with Crippen molar-refractivity contribution in [3.63, 3.8) is 0 Å². The van der Waals surface area contributed by atoms with Gasteiger partial charge in [0.05, 0.1) is 6.61 Å². The average molecular weight is 221 g/mol. The maximum Gasteiger partial charge on any atom is 0.491 e. The summed E-state index contributed by atoms with van der Waals surface area (Å²) < 4.78 is 10.0. The fourth-order valence-electron chi connectivity index (χ4n) is 1.66. The van der Waals surface area contributed by atoms with E-state index >= 15 is 0 Å². The Morgan fingerprint density at radius 1 is 1.69 bits per heavy atom. The Balaban J connectivity index is 2.14. The van der Waals surface area contributed by atoms with E-state index in [1.165, 1.54) is 7.05 Å². The Kier molecular flexibility index (Phi) is 3.12. The third kappa shape index (κ3) is 2.03. The molecule has 5 nitrogen and oxygen atoms in total. The van der Waals surface area contributed by atoms with Crippen LogP contribution in [0.3, 0.4) is 0 Å². The van der Waals surface area contributed by atoms with Crippen LogP contribution in [-0.2, 0) is 22.6 Å². The SMILES string of the molecule is CNC(=O)OCc1cccc2c1COB2O. The maximum atomic E-state index is 10.9. The second-order valence-corrected chi connectivity index (χ2v) is 3.47. The first kappa shape index (κ1) is 11.0. The molecular weight excluding hydrogens is 209 g/mol. The molecule has 2 rings (SSSR count). The van der Waals surface area contributed by atoms with Gasteiger partial charge in [-0.25, -0.2) is 4.79 Å². The van der Waals surface area contributed by atoms with Crippen molar-refractivity contribution in [3.05, 3.63) is 29.3 Å². The van der Waals surface area contributed by atoms with E-state index in [0.717, 1.165) is 16.6 Å². The molecule has 1 aliphatic heterocycles. The molecule has 1 heterocycles. The van der Waals surface area contributed by atoms with Gasteiger partial charge < -0.3 is 19.7 Å². The van der Waals surface area contributed by atoms with Crippen molar-refractivity contribution in [2.24, 2.45) is 0 Å². The number of hydrogen-bond acceptors (Lipinski definition) is 4. The normalized spacial score (nSPS) is 13.5. The Morgan fingerprint density at radius 3 is 3.25 bits per heavy atom. The number of carbonyl (C=O) groups excluding carboxylic acids is 1. The molecule has 1 aliphatic rings. The van der Waals surface area contributed by atoms with Gasteiger partial charge in [0, 0.05) is 7.05 Å². The minimum Gasteiger partial charge on any atom is -0.445 e. The largest absolute Gasteiger partial charge is 0.491 e. The fourth-order valence-corrected chi connectivity index (χ4v) is 1.66. The summed E-state index contributed by atoms with van der Waals surface area (Å²) in [7, 11) is 0.639. The van der Waals surface area contributed by atoms with Gasteiger partial charge in [0.2, 0.25) is 0 Å². The number of ether oxygens (including phenoxy) is 1. The van der Waals surface area contributed by atoms with Gasteiger partial charge in [-0.15, -0.1) is 0 Å². The number of carbonyl (C=O) groups is 1. The van der Waals surface area contributed by atoms with Crippen molar-refractivity contribution in [1.82, 2.24) is 5.32 Å². The highest BCUT2D eigenvalue weighted by Gasteiger charge is 2.28. The minimum atomic E-state index is -0.866. The highest BCUT2D eigenvalue weighted by atomic mass is 16.5. The van der Waals surface area contributed by atoms with E-state index < -0.39 is 13.2 Å². The third-order valence-corrected chi connectivity index (χ3v) is 2.52. The summed E-state index contributed by atoms with van der Waals surface area (Å²) in [5.74, 6) is 0. The summed E-state index contributed by atoms with van der Waals surface area (Å²) in [6, 6.07) is 5.46. The molecule has 0 radical (unpaired) electrons. The molecule has 0 fully saturated rings. The molecule has 1 aromatic rings. The molecule has 0 saturated heterocycles. The standard InChI is InChI=1S/C10H12BNO4/c1-12-10(13)15-5-7-3-2-4-9-8(7)6-16-11(9)14/h2-4,14H,5-6H2,1H3,(H,12,13). The van der Waals surface area contributed by atoms with Crippen LogP contribution in [0.2, 0.25) is 0 Å². The predicted octanol–water partition coefficient (Wildman–Crippen LogP) is -0.240. The number of benzene rings is 1. The van der Waals surface area contributed by atoms with Crippen LogP contribution < -0.4 is 10.8 Å². The van der Waals surface area contributed by atoms with E-state index in [9.17, 15) is 9.82 Å². The van der Waals surface area contributed by atoms with Gasteiger partial charge >= 0.3 is 13.2 Å². The molecule has 0 saturated carbocycles. The molecule has 16 heavy (non-hydrogen) atoms. The second kappa shape index (κ2) is 4.55. The van der Waals surface area contributed by atoms with Gasteiger partial charge in [0.25, 0.3) is 0 Å². The summed E-state index contributed by atoms with van der Waals surface area (Å²) in [6.07, 6.45) is -0.475. The lowest BCUT2D eigenvalue weighted by molar-refractivity contribution is 0.141. The monoisotopic (exact) mass is 221 g/mol. The van der Waals surface area contributed by atoms with Crippen molar-refractivity contribution in [1.29, 1.82) is 0 Å². The van der Waals surface area contributed by atoms with Crippen molar-refractivity contribution >= 4 is 18.7 Å². The van der Waals surface area contributed by atoms with Gasteiger partial charge in [-0.3, -0.25) is 0 Å². The molecule has 0 spiro atoms. The zero-order valence-corrected chi connectivity index (χ0v) is 8.90. The predicted molar refractivity (Wildman–Crippen MR) is 58.1 cm³/mol. The van der Waals surface area contributed by atoms with E-state index in [-0.39, 0.29) is 6.61 Å². The zero-order chi connectivity index (χ0) is 11.5. The van der Waals surface area contributed by atoms with Crippen LogP contribution in [0.25, 0.3) is 0 Å². The van der Waals surface area contributed by atoms with Gasteiger partial charge in [0.15, 0.2) is 0 Å². The van der Waals surface area contributed by atoms with Crippen LogP contribution in [0.15, 0.2) is 18.2 Å². The molecule has 1 aromatic carbocycles. The van der Waals surface area contributed by atoms with Gasteiger partial charge in [-0.05, 0) is 16.6 Å². The summed E-state index contributed by atoms with van der Waals surface area (Å²) in [5.41, 5.74) is 2.51. The Morgan fingerprint density at radius 2 is 2.50 bits per heavy atom. The van der Waals surface area contributed by atoms with Gasteiger partial charge in [-0.2, -0.15) is 0 Å². The number of nitrogens with one attached hydrogen (secondary N) is 1. The lowest BCUT2D eigenvalue weighted by Gasteiger charge is -2.08. The Bertz CT molecular complexity index is 410. The van der Waals surface area contributed by atoms with Gasteiger partial charge in [-0.1, -0.05) is 18.2 Å². The maximum absolute atomic E-state index is 10.9. The number of rotatable bonds is 2. The number of alkyl carbamates (subject to hydrolysis) is 1. The van der Waals surface area contributed by atoms with Crippen molar-refractivity contribution in [3.8, 4) is 0 Å². The molecule has 6 heteroatoms. The molecule has 0 aromatic heterocycles. The van der Waals surface area contributed by atoms with Crippen LogP contribution in [0.5, 0.6) is 0 Å². The molecular formula is C10H12BNO4. The summed E-state index contributed by atoms with van der Waals surface area (Å²) in [6.45, 7) is 0.530. The lowest BCUT2D eigenvalue weighted by Crippen LogP contribution is -2.28. The van der Waals surface area contributed by atoms with Gasteiger partial charge in [0.1, 0.15) is 6.61 Å². The molecule has 2 N–H and O–H groups in total. The topological polar surface area (TPSA) is 67.8 Å². The lowest BCUT2D eigenvalue weighted by atomic mass is 9.78. The van der Waals surface area contributed by atoms with E-state index in [2.05, 4.69) is 5.32 Å². The first-order valence-corrected chi connectivity index (χ1v) is 4.97. The number of amides is 1. The van der Waals surface area contributed by atoms with E-state index in [1.807, 2.05) is 6.07 Å². The van der Waals surface area contributed by atoms with Crippen LogP contribution in [0.1, 0.15) is 11.1 Å². The summed E-state index contributed by atoms with van der Waals surface area (Å²) in [4.78, 5) is 10.9. The summed E-state index contributed by atoms with van der Waals surface area (Å²) in [5, 5.41) is 11.9. The van der Waals surface area contributed by atoms with Crippen LogP contribution in [0, 0.1) is 0 Å². The third-order valence-electron chi connectivity index (χ3n) is 2.52. The minimum absolute atomic E-state index is 0.179. The van der Waals surface area contributed by atoms with Crippen LogP contribution in [0.4, 0.5) is 4.79 Å². The fraction of sp³-hybridized carbons (Fsp3) is 0.300. The van der Waals surface area contributed by atoms with E-state index in [0.29, 0.717) is 6.61 Å². The molecule has 0 aliphatic carbocycles. The van der Waals surface area contributed by atoms with E-state index in [4.69, 9.17) is 9.39 Å². The molecule has 0 unspecified atom stereocenters. The number of fused-ring (bicyclic) bond motifs is 1. The van der Waals surface area contributed by atoms with Crippen LogP contribution >= 0.6 is 0 Å². The molecule has 84 valence electrons. The highest BCUT2D eigenvalue weighted by Crippen LogP contribution is 2.15. The van der Waals surface area contributed by atoms with Crippen LogP contribution in [-0.4, -0.2) is 25.3 Å². The van der Waals surface area contributed by atoms with Crippen molar-refractivity contribution in [2.45, 2.75) is 13.2 Å². The number of hydrogen-bond donors (Lipinski definition) is 2. The molecule has 1 amide bonds. The quantitative estimate of drug-likeness (QED) is 0.676. The zero-order valence-electron chi connectivity index (χ0n) is 8.90. The smallest absolute Gasteiger partial charge is 0.445 e. The Labute approximate surface area is 93.5 Å². The first-order valence-electron chi connectivity index (χ1n) is 4.97. The van der Waals surface area contributed by atoms with Crippen molar-refractivity contribution < 1.29 is 19.2 Å². The molecule has 0 atom stereocenters. The summed E-state index contributed by atoms with van der Waals surface area (Å²) >= 11 is 0.